The molecule has 0 aromatic carbocycles. The SMILES string of the molecule is C=CCCC(CC)NCc1nc(C)no1. The molecule has 4 heteroatoms. The fraction of sp³-hybridized carbons (Fsp3) is 0.636. The van der Waals surface area contributed by atoms with Crippen molar-refractivity contribution in [3.63, 3.8) is 0 Å². The first-order valence-corrected chi connectivity index (χ1v) is 5.39. The molecule has 0 amide bonds. The van der Waals surface area contributed by atoms with Gasteiger partial charge in [-0.3, -0.25) is 0 Å². The highest BCUT2D eigenvalue weighted by Crippen LogP contribution is 2.04. The van der Waals surface area contributed by atoms with Crippen LogP contribution in [0.3, 0.4) is 0 Å². The van der Waals surface area contributed by atoms with Crippen LogP contribution in [0, 0.1) is 6.92 Å². The van der Waals surface area contributed by atoms with Gasteiger partial charge in [0.15, 0.2) is 5.82 Å². The summed E-state index contributed by atoms with van der Waals surface area (Å²) in [6.45, 7) is 8.36. The van der Waals surface area contributed by atoms with Gasteiger partial charge in [-0.2, -0.15) is 4.98 Å². The zero-order valence-electron chi connectivity index (χ0n) is 9.49. The van der Waals surface area contributed by atoms with Crippen molar-refractivity contribution < 1.29 is 4.52 Å². The molecule has 0 saturated carbocycles. The minimum atomic E-state index is 0.496. The van der Waals surface area contributed by atoms with Crippen molar-refractivity contribution in [1.29, 1.82) is 0 Å². The van der Waals surface area contributed by atoms with E-state index in [4.69, 9.17) is 4.52 Å². The maximum atomic E-state index is 5.02. The minimum absolute atomic E-state index is 0.496. The maximum absolute atomic E-state index is 5.02. The van der Waals surface area contributed by atoms with E-state index in [-0.39, 0.29) is 0 Å². The van der Waals surface area contributed by atoms with Crippen molar-refractivity contribution in [3.05, 3.63) is 24.4 Å². The lowest BCUT2D eigenvalue weighted by atomic mass is 10.1. The van der Waals surface area contributed by atoms with E-state index >= 15 is 0 Å². The van der Waals surface area contributed by atoms with Gasteiger partial charge in [0.05, 0.1) is 6.54 Å². The zero-order valence-corrected chi connectivity index (χ0v) is 9.49. The first kappa shape index (κ1) is 11.9. The third kappa shape index (κ3) is 4.25. The second kappa shape index (κ2) is 6.35. The van der Waals surface area contributed by atoms with E-state index < -0.39 is 0 Å². The molecule has 15 heavy (non-hydrogen) atoms. The predicted octanol–water partition coefficient (Wildman–Crippen LogP) is 2.21. The normalized spacial score (nSPS) is 12.7. The molecule has 1 unspecified atom stereocenters. The Morgan fingerprint density at radius 1 is 1.60 bits per heavy atom. The molecule has 0 spiro atoms. The van der Waals surface area contributed by atoms with Crippen molar-refractivity contribution in [2.45, 2.75) is 45.7 Å². The van der Waals surface area contributed by atoms with Crippen LogP contribution in [0.4, 0.5) is 0 Å². The number of rotatable bonds is 7. The molecule has 0 bridgehead atoms. The summed E-state index contributed by atoms with van der Waals surface area (Å²) >= 11 is 0. The molecule has 0 aliphatic heterocycles. The molecule has 84 valence electrons. The molecule has 1 atom stereocenters. The van der Waals surface area contributed by atoms with Gasteiger partial charge in [-0.25, -0.2) is 0 Å². The van der Waals surface area contributed by atoms with Crippen LogP contribution >= 0.6 is 0 Å². The highest BCUT2D eigenvalue weighted by atomic mass is 16.5. The zero-order chi connectivity index (χ0) is 11.1. The maximum Gasteiger partial charge on any atom is 0.240 e. The number of allylic oxidation sites excluding steroid dienone is 1. The van der Waals surface area contributed by atoms with Gasteiger partial charge in [0, 0.05) is 6.04 Å². The second-order valence-electron chi connectivity index (χ2n) is 3.59. The Morgan fingerprint density at radius 3 is 2.93 bits per heavy atom. The Kier molecular flexibility index (Phi) is 5.04. The van der Waals surface area contributed by atoms with Crippen molar-refractivity contribution in [2.75, 3.05) is 0 Å². The molecule has 1 heterocycles. The summed E-state index contributed by atoms with van der Waals surface area (Å²) in [5.74, 6) is 1.34. The number of nitrogens with zero attached hydrogens (tertiary/aromatic N) is 2. The second-order valence-corrected chi connectivity index (χ2v) is 3.59. The van der Waals surface area contributed by atoms with Crippen LogP contribution in [-0.2, 0) is 6.54 Å². The summed E-state index contributed by atoms with van der Waals surface area (Å²) in [6, 6.07) is 0.496. The summed E-state index contributed by atoms with van der Waals surface area (Å²) in [6.07, 6.45) is 5.18. The van der Waals surface area contributed by atoms with Gasteiger partial charge in [0.25, 0.3) is 0 Å². The van der Waals surface area contributed by atoms with Crippen molar-refractivity contribution >= 4 is 0 Å². The Hall–Kier alpha value is -1.16. The number of aromatic nitrogens is 2. The molecule has 1 N–H and O–H groups in total. The van der Waals surface area contributed by atoms with Crippen molar-refractivity contribution in [1.82, 2.24) is 15.5 Å². The first-order chi connectivity index (χ1) is 7.26. The first-order valence-electron chi connectivity index (χ1n) is 5.39. The fourth-order valence-corrected chi connectivity index (χ4v) is 1.41. The lowest BCUT2D eigenvalue weighted by molar-refractivity contribution is 0.348. The molecule has 1 rings (SSSR count). The van der Waals surface area contributed by atoms with E-state index in [1.807, 2.05) is 13.0 Å². The molecular weight excluding hydrogens is 190 g/mol. The number of hydrogen-bond acceptors (Lipinski definition) is 4. The summed E-state index contributed by atoms with van der Waals surface area (Å²) < 4.78 is 5.02. The molecule has 0 aliphatic rings. The van der Waals surface area contributed by atoms with Crippen LogP contribution in [0.2, 0.25) is 0 Å². The Morgan fingerprint density at radius 2 is 2.40 bits per heavy atom. The quantitative estimate of drug-likeness (QED) is 0.699. The average Bonchev–Trinajstić information content (AvgIpc) is 2.65. The molecule has 0 aliphatic carbocycles. The van der Waals surface area contributed by atoms with E-state index in [1.54, 1.807) is 0 Å². The molecule has 0 saturated heterocycles. The van der Waals surface area contributed by atoms with Crippen molar-refractivity contribution in [2.24, 2.45) is 0 Å². The highest BCUT2D eigenvalue weighted by Gasteiger charge is 2.07. The van der Waals surface area contributed by atoms with Gasteiger partial charge in [0.1, 0.15) is 0 Å². The molecular formula is C11H19N3O. The number of aryl methyl sites for hydroxylation is 1. The van der Waals surface area contributed by atoms with Gasteiger partial charge < -0.3 is 9.84 Å². The van der Waals surface area contributed by atoms with E-state index in [9.17, 15) is 0 Å². The van der Waals surface area contributed by atoms with E-state index in [0.29, 0.717) is 24.3 Å². The van der Waals surface area contributed by atoms with E-state index in [0.717, 1.165) is 19.3 Å². The van der Waals surface area contributed by atoms with E-state index in [2.05, 4.69) is 29.0 Å². The number of hydrogen-bond donors (Lipinski definition) is 1. The van der Waals surface area contributed by atoms with Crippen molar-refractivity contribution in [3.8, 4) is 0 Å². The molecule has 4 nitrogen and oxygen atoms in total. The molecule has 0 radical (unpaired) electrons. The number of nitrogens with one attached hydrogen (secondary N) is 1. The van der Waals surface area contributed by atoms with Gasteiger partial charge >= 0.3 is 0 Å². The van der Waals surface area contributed by atoms with Gasteiger partial charge in [-0.15, -0.1) is 6.58 Å². The standard InChI is InChI=1S/C11H19N3O/c1-4-6-7-10(5-2)12-8-11-13-9(3)14-15-11/h4,10,12H,1,5-8H2,2-3H3. The summed E-state index contributed by atoms with van der Waals surface area (Å²) in [4.78, 5) is 4.14. The summed E-state index contributed by atoms with van der Waals surface area (Å²) in [5.41, 5.74) is 0. The van der Waals surface area contributed by atoms with Crippen LogP contribution in [0.25, 0.3) is 0 Å². The third-order valence-electron chi connectivity index (χ3n) is 2.32. The van der Waals surface area contributed by atoms with Gasteiger partial charge in [0.2, 0.25) is 5.89 Å². The fourth-order valence-electron chi connectivity index (χ4n) is 1.41. The van der Waals surface area contributed by atoms with Crippen LogP contribution in [0.1, 0.15) is 37.9 Å². The topological polar surface area (TPSA) is 51.0 Å². The smallest absolute Gasteiger partial charge is 0.240 e. The Labute approximate surface area is 90.8 Å². The molecule has 1 aromatic rings. The van der Waals surface area contributed by atoms with E-state index in [1.165, 1.54) is 0 Å². The molecule has 0 fully saturated rings. The van der Waals surface area contributed by atoms with Gasteiger partial charge in [-0.1, -0.05) is 18.2 Å². The van der Waals surface area contributed by atoms with Crippen LogP contribution in [-0.4, -0.2) is 16.2 Å². The largest absolute Gasteiger partial charge is 0.338 e. The highest BCUT2D eigenvalue weighted by molar-refractivity contribution is 4.83. The van der Waals surface area contributed by atoms with Crippen LogP contribution < -0.4 is 5.32 Å². The molecule has 1 aromatic heterocycles. The minimum Gasteiger partial charge on any atom is -0.338 e. The Bertz CT molecular complexity index is 296. The summed E-state index contributed by atoms with van der Waals surface area (Å²) in [5, 5.41) is 7.13. The predicted molar refractivity (Wildman–Crippen MR) is 59.4 cm³/mol. The monoisotopic (exact) mass is 209 g/mol. The van der Waals surface area contributed by atoms with Gasteiger partial charge in [-0.05, 0) is 26.2 Å². The third-order valence-corrected chi connectivity index (χ3v) is 2.32. The lowest BCUT2D eigenvalue weighted by Gasteiger charge is -2.14. The van der Waals surface area contributed by atoms with Crippen LogP contribution in [0.15, 0.2) is 17.2 Å². The Balaban J connectivity index is 2.30. The summed E-state index contributed by atoms with van der Waals surface area (Å²) in [7, 11) is 0. The lowest BCUT2D eigenvalue weighted by Crippen LogP contribution is -2.27. The average molecular weight is 209 g/mol. The van der Waals surface area contributed by atoms with Crippen LogP contribution in [0.5, 0.6) is 0 Å².